The topological polar surface area (TPSA) is 86.8 Å². The lowest BCUT2D eigenvalue weighted by molar-refractivity contribution is -0.129. The summed E-state index contributed by atoms with van der Waals surface area (Å²) in [5, 5.41) is 2.99. The van der Waals surface area contributed by atoms with Crippen LogP contribution in [0.15, 0.2) is 29.2 Å². The van der Waals surface area contributed by atoms with Gasteiger partial charge in [-0.1, -0.05) is 19.4 Å². The van der Waals surface area contributed by atoms with E-state index in [0.717, 1.165) is 19.3 Å². The Morgan fingerprint density at radius 2 is 1.89 bits per heavy atom. The zero-order chi connectivity index (χ0) is 19.6. The molecule has 148 valence electrons. The third-order valence-corrected chi connectivity index (χ3v) is 7.21. The summed E-state index contributed by atoms with van der Waals surface area (Å²) in [4.78, 5) is 25.6. The van der Waals surface area contributed by atoms with Crippen LogP contribution in [0.5, 0.6) is 0 Å². The van der Waals surface area contributed by atoms with Gasteiger partial charge in [0.25, 0.3) is 5.91 Å². The van der Waals surface area contributed by atoms with E-state index in [1.54, 1.807) is 17.0 Å². The average Bonchev–Trinajstić information content (AvgIpc) is 3.39. The van der Waals surface area contributed by atoms with Crippen LogP contribution in [0.1, 0.15) is 43.5 Å². The van der Waals surface area contributed by atoms with Crippen LogP contribution in [-0.2, 0) is 14.8 Å². The lowest BCUT2D eigenvalue weighted by Gasteiger charge is -2.33. The summed E-state index contributed by atoms with van der Waals surface area (Å²) in [7, 11) is -3.68. The maximum absolute atomic E-state index is 12.9. The van der Waals surface area contributed by atoms with Crippen LogP contribution in [0, 0.1) is 5.92 Å². The summed E-state index contributed by atoms with van der Waals surface area (Å²) < 4.78 is 27.2. The largest absolute Gasteiger partial charge is 0.349 e. The van der Waals surface area contributed by atoms with Crippen molar-refractivity contribution in [2.45, 2.75) is 44.0 Å². The van der Waals surface area contributed by atoms with Crippen molar-refractivity contribution in [1.82, 2.24) is 14.5 Å². The van der Waals surface area contributed by atoms with E-state index < -0.39 is 10.0 Å². The molecular formula is C19H27N3O4S. The molecule has 1 saturated heterocycles. The Hall–Kier alpha value is -1.93. The molecule has 3 rings (SSSR count). The molecule has 1 aliphatic carbocycles. The minimum Gasteiger partial charge on any atom is -0.349 e. The number of carbonyl (C=O) groups is 2. The minimum atomic E-state index is -3.68. The van der Waals surface area contributed by atoms with Crippen LogP contribution in [-0.4, -0.2) is 61.7 Å². The molecule has 2 atom stereocenters. The van der Waals surface area contributed by atoms with Gasteiger partial charge in [0.2, 0.25) is 15.9 Å². The Morgan fingerprint density at radius 3 is 2.52 bits per heavy atom. The normalized spacial score (nSPS) is 23.1. The van der Waals surface area contributed by atoms with Crippen molar-refractivity contribution in [2.75, 3.05) is 26.2 Å². The van der Waals surface area contributed by atoms with E-state index in [1.165, 1.54) is 23.4 Å². The fraction of sp³-hybridized carbons (Fsp3) is 0.579. The van der Waals surface area contributed by atoms with Gasteiger partial charge >= 0.3 is 0 Å². The van der Waals surface area contributed by atoms with Crippen molar-refractivity contribution in [2.24, 2.45) is 5.92 Å². The van der Waals surface area contributed by atoms with Gasteiger partial charge in [-0.25, -0.2) is 8.42 Å². The Kier molecular flexibility index (Phi) is 5.86. The highest BCUT2D eigenvalue weighted by molar-refractivity contribution is 7.89. The van der Waals surface area contributed by atoms with Crippen molar-refractivity contribution >= 4 is 21.8 Å². The Bertz CT molecular complexity index is 816. The number of hydrogen-bond acceptors (Lipinski definition) is 4. The van der Waals surface area contributed by atoms with Crippen molar-refractivity contribution in [3.05, 3.63) is 29.8 Å². The Labute approximate surface area is 160 Å². The van der Waals surface area contributed by atoms with Crippen LogP contribution in [0.3, 0.4) is 0 Å². The smallest absolute Gasteiger partial charge is 0.251 e. The summed E-state index contributed by atoms with van der Waals surface area (Å²) in [6.07, 6.45) is 3.20. The van der Waals surface area contributed by atoms with Crippen LogP contribution in [0.2, 0.25) is 0 Å². The van der Waals surface area contributed by atoms with Crippen LogP contribution in [0.4, 0.5) is 0 Å². The van der Waals surface area contributed by atoms with Crippen molar-refractivity contribution in [3.63, 3.8) is 0 Å². The van der Waals surface area contributed by atoms with Crippen molar-refractivity contribution < 1.29 is 18.0 Å². The van der Waals surface area contributed by atoms with Gasteiger partial charge < -0.3 is 10.2 Å². The lowest BCUT2D eigenvalue weighted by atomic mass is 10.2. The second-order valence-electron chi connectivity index (χ2n) is 7.30. The number of rotatable bonds is 6. The number of nitrogens with zero attached hydrogens (tertiary/aromatic N) is 2. The number of carbonyl (C=O) groups excluding carboxylic acids is 2. The molecule has 1 aliphatic heterocycles. The predicted octanol–water partition coefficient (Wildman–Crippen LogP) is 1.46. The molecule has 1 N–H and O–H groups in total. The number of amides is 2. The molecule has 1 aromatic rings. The fourth-order valence-electron chi connectivity index (χ4n) is 3.56. The first-order valence-corrected chi connectivity index (χ1v) is 10.9. The number of sulfonamides is 1. The second kappa shape index (κ2) is 7.98. The Morgan fingerprint density at radius 1 is 1.19 bits per heavy atom. The molecule has 0 bridgehead atoms. The standard InChI is InChI=1S/C19H27N3O4S/c1-3-5-15-13-18(15)20-19(24)16-6-4-7-17(12-16)27(25,26)22-10-8-21(9-11-22)14(2)23/h4,6-7,12,15,18H,3,5,8-11,13H2,1-2H3,(H,20,24)/t15-,18+/m1/s1. The van der Waals surface area contributed by atoms with Crippen LogP contribution < -0.4 is 5.32 Å². The minimum absolute atomic E-state index is 0.0489. The van der Waals surface area contributed by atoms with E-state index >= 15 is 0 Å². The van der Waals surface area contributed by atoms with E-state index in [1.807, 2.05) is 0 Å². The molecular weight excluding hydrogens is 366 g/mol. The maximum Gasteiger partial charge on any atom is 0.251 e. The lowest BCUT2D eigenvalue weighted by Crippen LogP contribution is -2.49. The first-order chi connectivity index (χ1) is 12.8. The van der Waals surface area contributed by atoms with Gasteiger partial charge in [0.05, 0.1) is 4.90 Å². The molecule has 0 spiro atoms. The van der Waals surface area contributed by atoms with E-state index in [9.17, 15) is 18.0 Å². The highest BCUT2D eigenvalue weighted by Gasteiger charge is 2.37. The van der Waals surface area contributed by atoms with Gasteiger partial charge in [0.15, 0.2) is 0 Å². The maximum atomic E-state index is 12.9. The SMILES string of the molecule is CCC[C@@H]1C[C@@H]1NC(=O)c1cccc(S(=O)(=O)N2CCN(C(C)=O)CC2)c1. The number of piperazine rings is 1. The molecule has 1 aromatic carbocycles. The highest BCUT2D eigenvalue weighted by Crippen LogP contribution is 2.34. The summed E-state index contributed by atoms with van der Waals surface area (Å²) in [5.74, 6) is 0.271. The van der Waals surface area contributed by atoms with Gasteiger partial charge in [-0.2, -0.15) is 4.31 Å². The average molecular weight is 394 g/mol. The van der Waals surface area contributed by atoms with E-state index in [2.05, 4.69) is 12.2 Å². The molecule has 7 nitrogen and oxygen atoms in total. The van der Waals surface area contributed by atoms with Crippen LogP contribution in [0.25, 0.3) is 0 Å². The van der Waals surface area contributed by atoms with E-state index in [4.69, 9.17) is 0 Å². The number of nitrogens with one attached hydrogen (secondary N) is 1. The number of benzene rings is 1. The number of hydrogen-bond donors (Lipinski definition) is 1. The van der Waals surface area contributed by atoms with Gasteiger partial charge in [0.1, 0.15) is 0 Å². The summed E-state index contributed by atoms with van der Waals surface area (Å²) >= 11 is 0. The highest BCUT2D eigenvalue weighted by atomic mass is 32.2. The van der Waals surface area contributed by atoms with E-state index in [-0.39, 0.29) is 35.8 Å². The quantitative estimate of drug-likeness (QED) is 0.793. The van der Waals surface area contributed by atoms with Gasteiger partial charge in [0, 0.05) is 44.7 Å². The van der Waals surface area contributed by atoms with Crippen molar-refractivity contribution in [3.8, 4) is 0 Å². The predicted molar refractivity (Wildman–Crippen MR) is 102 cm³/mol. The summed E-state index contributed by atoms with van der Waals surface area (Å²) in [6.45, 7) is 4.90. The van der Waals surface area contributed by atoms with Gasteiger partial charge in [-0.15, -0.1) is 0 Å². The monoisotopic (exact) mass is 393 g/mol. The molecule has 0 aromatic heterocycles. The van der Waals surface area contributed by atoms with Crippen LogP contribution >= 0.6 is 0 Å². The third kappa shape index (κ3) is 4.50. The van der Waals surface area contributed by atoms with Crippen molar-refractivity contribution in [1.29, 1.82) is 0 Å². The van der Waals surface area contributed by atoms with Gasteiger partial charge in [-0.05, 0) is 37.0 Å². The van der Waals surface area contributed by atoms with Gasteiger partial charge in [-0.3, -0.25) is 9.59 Å². The molecule has 2 aliphatic rings. The Balaban J connectivity index is 1.67. The zero-order valence-electron chi connectivity index (χ0n) is 15.8. The third-order valence-electron chi connectivity index (χ3n) is 5.32. The summed E-state index contributed by atoms with van der Waals surface area (Å²) in [5.41, 5.74) is 0.362. The molecule has 2 amide bonds. The first kappa shape index (κ1) is 19.8. The molecule has 1 heterocycles. The molecule has 1 saturated carbocycles. The molecule has 2 fully saturated rings. The zero-order valence-corrected chi connectivity index (χ0v) is 16.7. The summed E-state index contributed by atoms with van der Waals surface area (Å²) in [6, 6.07) is 6.40. The second-order valence-corrected chi connectivity index (χ2v) is 9.24. The first-order valence-electron chi connectivity index (χ1n) is 9.49. The molecule has 0 unspecified atom stereocenters. The fourth-order valence-corrected chi connectivity index (χ4v) is 5.02. The molecule has 8 heteroatoms. The molecule has 27 heavy (non-hydrogen) atoms. The molecule has 0 radical (unpaired) electrons. The van der Waals surface area contributed by atoms with E-state index in [0.29, 0.717) is 24.6 Å².